The summed E-state index contributed by atoms with van der Waals surface area (Å²) in [6, 6.07) is 13.9. The molecule has 0 bridgehead atoms. The summed E-state index contributed by atoms with van der Waals surface area (Å²) < 4.78 is 1.95. The second-order valence-electron chi connectivity index (χ2n) is 5.60. The first-order valence-corrected chi connectivity index (χ1v) is 8.40. The molecule has 0 saturated heterocycles. The number of hydrogen-bond acceptors (Lipinski definition) is 2. The van der Waals surface area contributed by atoms with E-state index >= 15 is 0 Å². The summed E-state index contributed by atoms with van der Waals surface area (Å²) in [4.78, 5) is 26.1. The highest BCUT2D eigenvalue weighted by Gasteiger charge is 2.19. The average molecular weight is 327 g/mol. The molecule has 0 aliphatic carbocycles. The van der Waals surface area contributed by atoms with Gasteiger partial charge in [-0.1, -0.05) is 30.3 Å². The maximum atomic E-state index is 12.7. The second-order valence-corrected chi connectivity index (χ2v) is 5.60. The van der Waals surface area contributed by atoms with Crippen molar-refractivity contribution in [2.45, 2.75) is 26.8 Å². The highest BCUT2D eigenvalue weighted by molar-refractivity contribution is 5.95. The third kappa shape index (κ3) is 4.72. The summed E-state index contributed by atoms with van der Waals surface area (Å²) in [5, 5.41) is 2.73. The van der Waals surface area contributed by atoms with Crippen LogP contribution in [-0.4, -0.2) is 40.9 Å². The molecule has 2 rings (SSSR count). The van der Waals surface area contributed by atoms with Crippen LogP contribution in [0.15, 0.2) is 48.7 Å². The van der Waals surface area contributed by atoms with Crippen LogP contribution in [0.25, 0.3) is 0 Å². The quantitative estimate of drug-likeness (QED) is 0.809. The average Bonchev–Trinajstić information content (AvgIpc) is 3.07. The minimum atomic E-state index is -0.130. The van der Waals surface area contributed by atoms with Crippen LogP contribution in [0.1, 0.15) is 29.9 Å². The molecule has 1 heterocycles. The number of aryl methyl sites for hydroxylation is 2. The molecule has 5 nitrogen and oxygen atoms in total. The van der Waals surface area contributed by atoms with Gasteiger partial charge in [0.15, 0.2) is 0 Å². The molecule has 0 saturated carbocycles. The van der Waals surface area contributed by atoms with Crippen molar-refractivity contribution in [3.8, 4) is 0 Å². The predicted molar refractivity (Wildman–Crippen MR) is 94.8 cm³/mol. The number of carbonyl (C=O) groups is 2. The molecule has 1 aromatic carbocycles. The minimum absolute atomic E-state index is 0.0903. The van der Waals surface area contributed by atoms with Crippen molar-refractivity contribution in [3.05, 3.63) is 59.9 Å². The van der Waals surface area contributed by atoms with Crippen LogP contribution >= 0.6 is 0 Å². The Balaban J connectivity index is 2.04. The topological polar surface area (TPSA) is 54.3 Å². The first-order valence-electron chi connectivity index (χ1n) is 8.40. The number of likely N-dealkylation sites (N-methyl/N-ethyl adjacent to an activating group) is 2. The van der Waals surface area contributed by atoms with Crippen LogP contribution in [0.3, 0.4) is 0 Å². The van der Waals surface area contributed by atoms with Gasteiger partial charge in [-0.2, -0.15) is 0 Å². The van der Waals surface area contributed by atoms with Crippen LogP contribution in [0.4, 0.5) is 0 Å². The fourth-order valence-corrected chi connectivity index (χ4v) is 2.61. The van der Waals surface area contributed by atoms with Crippen LogP contribution in [0.2, 0.25) is 0 Å². The van der Waals surface area contributed by atoms with Gasteiger partial charge in [-0.25, -0.2) is 0 Å². The van der Waals surface area contributed by atoms with Crippen LogP contribution in [0, 0.1) is 0 Å². The van der Waals surface area contributed by atoms with Gasteiger partial charge in [0.2, 0.25) is 5.91 Å². The van der Waals surface area contributed by atoms with Crippen molar-refractivity contribution < 1.29 is 9.59 Å². The number of nitrogens with one attached hydrogen (secondary N) is 1. The van der Waals surface area contributed by atoms with Crippen LogP contribution in [0.5, 0.6) is 0 Å². The van der Waals surface area contributed by atoms with Gasteiger partial charge in [0, 0.05) is 25.8 Å². The molecule has 0 aliphatic heterocycles. The summed E-state index contributed by atoms with van der Waals surface area (Å²) in [5.41, 5.74) is 1.86. The Kier molecular flexibility index (Phi) is 6.61. The number of nitrogens with zero attached hydrogens (tertiary/aromatic N) is 2. The van der Waals surface area contributed by atoms with Crippen molar-refractivity contribution in [3.63, 3.8) is 0 Å². The number of carbonyl (C=O) groups excluding carboxylic acids is 2. The van der Waals surface area contributed by atoms with Crippen LogP contribution < -0.4 is 5.32 Å². The number of hydrogen-bond donors (Lipinski definition) is 1. The van der Waals surface area contributed by atoms with Crippen LogP contribution in [-0.2, 0) is 17.8 Å². The van der Waals surface area contributed by atoms with E-state index in [4.69, 9.17) is 0 Å². The van der Waals surface area contributed by atoms with Crippen molar-refractivity contribution in [1.29, 1.82) is 0 Å². The first-order chi connectivity index (χ1) is 11.7. The largest absolute Gasteiger partial charge is 0.355 e. The molecular weight excluding hydrogens is 302 g/mol. The molecule has 0 atom stereocenters. The summed E-state index contributed by atoms with van der Waals surface area (Å²) in [5.74, 6) is -0.239. The lowest BCUT2D eigenvalue weighted by Crippen LogP contribution is -2.41. The zero-order valence-electron chi connectivity index (χ0n) is 14.4. The van der Waals surface area contributed by atoms with E-state index in [1.165, 1.54) is 5.56 Å². The van der Waals surface area contributed by atoms with E-state index in [1.54, 1.807) is 4.90 Å². The smallest absolute Gasteiger partial charge is 0.270 e. The van der Waals surface area contributed by atoms with Gasteiger partial charge >= 0.3 is 0 Å². The molecule has 5 heteroatoms. The Morgan fingerprint density at radius 1 is 1.08 bits per heavy atom. The van der Waals surface area contributed by atoms with E-state index < -0.39 is 0 Å². The lowest BCUT2D eigenvalue weighted by atomic mass is 10.1. The number of aromatic nitrogens is 1. The summed E-state index contributed by atoms with van der Waals surface area (Å²) in [6.45, 7) is 5.64. The molecule has 0 radical (unpaired) electrons. The second kappa shape index (κ2) is 8.91. The number of benzene rings is 1. The maximum absolute atomic E-state index is 12.7. The molecule has 24 heavy (non-hydrogen) atoms. The van der Waals surface area contributed by atoms with E-state index in [-0.39, 0.29) is 18.4 Å². The van der Waals surface area contributed by atoms with Gasteiger partial charge in [-0.05, 0) is 38.0 Å². The van der Waals surface area contributed by atoms with Crippen molar-refractivity contribution in [1.82, 2.24) is 14.8 Å². The van der Waals surface area contributed by atoms with Crippen molar-refractivity contribution in [2.75, 3.05) is 19.6 Å². The van der Waals surface area contributed by atoms with Gasteiger partial charge in [-0.15, -0.1) is 0 Å². The Bertz CT molecular complexity index is 664. The third-order valence-electron chi connectivity index (χ3n) is 3.91. The van der Waals surface area contributed by atoms with Gasteiger partial charge < -0.3 is 14.8 Å². The summed E-state index contributed by atoms with van der Waals surface area (Å²) in [7, 11) is 0. The first kappa shape index (κ1) is 17.8. The Morgan fingerprint density at radius 2 is 1.83 bits per heavy atom. The van der Waals surface area contributed by atoms with Gasteiger partial charge in [0.1, 0.15) is 5.69 Å². The SMILES string of the molecule is CCNC(=O)CN(CC)C(=O)c1cccn1CCc1ccccc1. The zero-order valence-corrected chi connectivity index (χ0v) is 14.4. The van der Waals surface area contributed by atoms with Crippen molar-refractivity contribution >= 4 is 11.8 Å². The fourth-order valence-electron chi connectivity index (χ4n) is 2.61. The third-order valence-corrected chi connectivity index (χ3v) is 3.91. The molecule has 0 fully saturated rings. The summed E-state index contributed by atoms with van der Waals surface area (Å²) >= 11 is 0. The Hall–Kier alpha value is -2.56. The van der Waals surface area contributed by atoms with Gasteiger partial charge in [0.05, 0.1) is 6.54 Å². The molecule has 2 amide bonds. The molecule has 2 aromatic rings. The van der Waals surface area contributed by atoms with Gasteiger partial charge in [-0.3, -0.25) is 9.59 Å². The number of amides is 2. The molecule has 1 aromatic heterocycles. The minimum Gasteiger partial charge on any atom is -0.355 e. The highest BCUT2D eigenvalue weighted by Crippen LogP contribution is 2.09. The molecule has 1 N–H and O–H groups in total. The highest BCUT2D eigenvalue weighted by atomic mass is 16.2. The Morgan fingerprint density at radius 3 is 2.50 bits per heavy atom. The lowest BCUT2D eigenvalue weighted by Gasteiger charge is -2.21. The molecule has 0 aliphatic rings. The van der Waals surface area contributed by atoms with Gasteiger partial charge in [0.25, 0.3) is 5.91 Å². The fraction of sp³-hybridized carbons (Fsp3) is 0.368. The molecule has 128 valence electrons. The van der Waals surface area contributed by atoms with Crippen molar-refractivity contribution in [2.24, 2.45) is 0 Å². The zero-order chi connectivity index (χ0) is 17.4. The van der Waals surface area contributed by atoms with E-state index in [0.29, 0.717) is 18.8 Å². The van der Waals surface area contributed by atoms with E-state index in [9.17, 15) is 9.59 Å². The number of rotatable bonds is 8. The van der Waals surface area contributed by atoms with E-state index in [1.807, 2.05) is 54.9 Å². The summed E-state index contributed by atoms with van der Waals surface area (Å²) in [6.07, 6.45) is 2.77. The normalized spacial score (nSPS) is 10.4. The molecular formula is C19H25N3O2. The monoisotopic (exact) mass is 327 g/mol. The lowest BCUT2D eigenvalue weighted by molar-refractivity contribution is -0.121. The molecule has 0 spiro atoms. The van der Waals surface area contributed by atoms with E-state index in [2.05, 4.69) is 17.4 Å². The standard InChI is InChI=1S/C19H25N3O2/c1-3-20-18(23)15-21(4-2)19(24)17-11-8-13-22(17)14-12-16-9-6-5-7-10-16/h5-11,13H,3-4,12,14-15H2,1-2H3,(H,20,23). The molecule has 0 unspecified atom stereocenters. The maximum Gasteiger partial charge on any atom is 0.270 e. The predicted octanol–water partition coefficient (Wildman–Crippen LogP) is 2.33. The van der Waals surface area contributed by atoms with E-state index in [0.717, 1.165) is 13.0 Å². The Labute approximate surface area is 143 Å².